The maximum Gasteiger partial charge on any atom is 0.166 e. The van der Waals surface area contributed by atoms with Gasteiger partial charge in [0, 0.05) is 0 Å². The highest BCUT2D eigenvalue weighted by atomic mass is 32.1. The summed E-state index contributed by atoms with van der Waals surface area (Å²) in [5, 5.41) is 22.8. The topological polar surface area (TPSA) is 99.9 Å². The summed E-state index contributed by atoms with van der Waals surface area (Å²) in [6.45, 7) is 29.3. The molecule has 0 aliphatic carbocycles. The molecule has 1 fully saturated rings. The van der Waals surface area contributed by atoms with Crippen LogP contribution in [-0.2, 0) is 14.2 Å². The molecule has 0 aromatic rings. The largest absolute Gasteiger partial charge is 0.377 e. The lowest BCUT2D eigenvalue weighted by Crippen LogP contribution is -2.54. The predicted molar refractivity (Wildman–Crippen MR) is 201 cm³/mol. The second-order valence-electron chi connectivity index (χ2n) is 14.6. The molecule has 0 saturated carbocycles. The Bertz CT molecular complexity index is 705. The summed E-state index contributed by atoms with van der Waals surface area (Å²) in [4.78, 5) is 0. The summed E-state index contributed by atoms with van der Waals surface area (Å²) in [7, 11) is 0. The van der Waals surface area contributed by atoms with Crippen molar-refractivity contribution in [3.8, 4) is 0 Å². The molecule has 6 atom stereocenters. The van der Waals surface area contributed by atoms with Gasteiger partial charge in [0.15, 0.2) is 15.3 Å². The normalized spacial score (nSPS) is 28.3. The van der Waals surface area contributed by atoms with Crippen LogP contribution in [0.1, 0.15) is 83.1 Å². The predicted octanol–water partition coefficient (Wildman–Crippen LogP) is 4.59. The number of thiocarbonyl (C=S) groups is 3. The summed E-state index contributed by atoms with van der Waals surface area (Å²) < 4.78 is 18.8. The second kappa shape index (κ2) is 21.8. The van der Waals surface area contributed by atoms with Crippen LogP contribution in [0.5, 0.6) is 0 Å². The van der Waals surface area contributed by atoms with E-state index >= 15 is 0 Å². The number of hydrogen-bond acceptors (Lipinski definition) is 6. The maximum atomic E-state index is 6.27. The zero-order chi connectivity index (χ0) is 34.3. The molecular weight excluding hydrogens is 625 g/mol. The van der Waals surface area contributed by atoms with Crippen LogP contribution in [0.25, 0.3) is 0 Å². The Kier molecular flexibility index (Phi) is 20.3. The van der Waals surface area contributed by atoms with Crippen LogP contribution in [0.4, 0.5) is 0 Å². The molecule has 0 radical (unpaired) electrons. The van der Waals surface area contributed by atoms with Gasteiger partial charge in [0.2, 0.25) is 0 Å². The van der Waals surface area contributed by atoms with Crippen LogP contribution < -0.4 is 31.9 Å². The van der Waals surface area contributed by atoms with Gasteiger partial charge in [-0.25, -0.2) is 0 Å². The van der Waals surface area contributed by atoms with Crippen molar-refractivity contribution in [3.63, 3.8) is 0 Å². The van der Waals surface area contributed by atoms with Gasteiger partial charge in [-0.1, -0.05) is 83.1 Å². The summed E-state index contributed by atoms with van der Waals surface area (Å²) in [5.74, 6) is 1.93. The molecule has 264 valence electrons. The van der Waals surface area contributed by atoms with Gasteiger partial charge in [-0.3, -0.25) is 0 Å². The lowest BCUT2D eigenvalue weighted by Gasteiger charge is -2.32. The summed E-state index contributed by atoms with van der Waals surface area (Å²) in [6, 6.07) is 0.346. The molecule has 6 N–H and O–H groups in total. The molecule has 45 heavy (non-hydrogen) atoms. The van der Waals surface area contributed by atoms with Gasteiger partial charge in [-0.05, 0) is 72.2 Å². The molecule has 0 bridgehead atoms. The fourth-order valence-electron chi connectivity index (χ4n) is 4.51. The van der Waals surface area contributed by atoms with Crippen LogP contribution >= 0.6 is 36.7 Å². The van der Waals surface area contributed by atoms with E-state index in [1.165, 1.54) is 0 Å². The van der Waals surface area contributed by atoms with Gasteiger partial charge in [-0.2, -0.15) is 0 Å². The van der Waals surface area contributed by atoms with Gasteiger partial charge in [-0.15, -0.1) is 0 Å². The van der Waals surface area contributed by atoms with Gasteiger partial charge < -0.3 is 46.1 Å². The Morgan fingerprint density at radius 2 is 0.489 bits per heavy atom. The van der Waals surface area contributed by atoms with Crippen LogP contribution in [0.15, 0.2) is 0 Å². The second-order valence-corrected chi connectivity index (χ2v) is 15.8. The number of rotatable bonds is 6. The Morgan fingerprint density at radius 1 is 0.356 bits per heavy atom. The van der Waals surface area contributed by atoms with Crippen LogP contribution in [-0.4, -0.2) is 91.2 Å². The monoisotopic (exact) mass is 690 g/mol. The summed E-state index contributed by atoms with van der Waals surface area (Å²) in [5.41, 5.74) is 0. The first-order chi connectivity index (χ1) is 21.0. The van der Waals surface area contributed by atoms with Gasteiger partial charge in [0.25, 0.3) is 0 Å². The van der Waals surface area contributed by atoms with Crippen molar-refractivity contribution in [1.29, 1.82) is 0 Å². The van der Waals surface area contributed by atoms with Crippen molar-refractivity contribution in [3.05, 3.63) is 0 Å². The number of nitrogens with one attached hydrogen (secondary N) is 6. The van der Waals surface area contributed by atoms with Crippen molar-refractivity contribution in [1.82, 2.24) is 31.9 Å². The van der Waals surface area contributed by atoms with Crippen molar-refractivity contribution in [2.24, 2.45) is 35.5 Å². The molecule has 1 saturated heterocycles. The Hall–Kier alpha value is -1.05. The Morgan fingerprint density at radius 3 is 0.600 bits per heavy atom. The third-order valence-electron chi connectivity index (χ3n) is 8.51. The number of hydrogen-bond donors (Lipinski definition) is 6. The first kappa shape index (κ1) is 42.0. The lowest BCUT2D eigenvalue weighted by molar-refractivity contribution is 0.0732. The molecule has 0 amide bonds. The third kappa shape index (κ3) is 17.1. The molecule has 0 aromatic heterocycles. The summed E-state index contributed by atoms with van der Waals surface area (Å²) >= 11 is 17.3. The average molecular weight is 691 g/mol. The van der Waals surface area contributed by atoms with E-state index in [9.17, 15) is 0 Å². The first-order valence-electron chi connectivity index (χ1n) is 17.0. The van der Waals surface area contributed by atoms with E-state index in [1.807, 2.05) is 0 Å². The van der Waals surface area contributed by atoms with Crippen molar-refractivity contribution in [2.45, 2.75) is 119 Å². The van der Waals surface area contributed by atoms with E-state index in [0.717, 1.165) is 0 Å². The fourth-order valence-corrected chi connectivity index (χ4v) is 5.41. The minimum absolute atomic E-state index is 0.0577. The van der Waals surface area contributed by atoms with Crippen LogP contribution in [0, 0.1) is 35.5 Å². The quantitative estimate of drug-likeness (QED) is 0.220. The van der Waals surface area contributed by atoms with Gasteiger partial charge in [0.05, 0.1) is 75.9 Å². The Balaban J connectivity index is 3.18. The molecule has 0 aromatic carbocycles. The molecule has 9 nitrogen and oxygen atoms in total. The molecule has 6 unspecified atom stereocenters. The van der Waals surface area contributed by atoms with E-state index in [4.69, 9.17) is 50.9 Å². The molecule has 1 rings (SSSR count). The number of ether oxygens (including phenoxy) is 3. The molecule has 1 aliphatic rings. The van der Waals surface area contributed by atoms with Gasteiger partial charge in [0.1, 0.15) is 0 Å². The highest BCUT2D eigenvalue weighted by molar-refractivity contribution is 7.80. The van der Waals surface area contributed by atoms with Gasteiger partial charge >= 0.3 is 0 Å². The van der Waals surface area contributed by atoms with Crippen molar-refractivity contribution < 1.29 is 14.2 Å². The van der Waals surface area contributed by atoms with E-state index in [0.29, 0.717) is 90.5 Å². The molecule has 1 heterocycles. The molecule has 0 spiro atoms. The molecule has 1 aliphatic heterocycles. The standard InChI is InChI=1S/C33H66N6O3S3/c1-19(2)25-13-40-14-26(20(3)4)36-32(44)37-29(23(9)10)17-42-18-30(24(11)12)39-33(45)38-28(22(7)8)16-41-15-27(21(5)6)35-31(43)34-25/h19-30H,13-18H2,1-12H3,(H2,34,35,43)(H2,36,37,44)(H2,38,39,45). The highest BCUT2D eigenvalue weighted by Gasteiger charge is 2.24. The zero-order valence-electron chi connectivity index (χ0n) is 30.1. The van der Waals surface area contributed by atoms with Crippen LogP contribution in [0.2, 0.25) is 0 Å². The summed E-state index contributed by atoms with van der Waals surface area (Å²) in [6.07, 6.45) is 0. The van der Waals surface area contributed by atoms with E-state index in [2.05, 4.69) is 115 Å². The average Bonchev–Trinajstić information content (AvgIpc) is 2.92. The molecule has 12 heteroatoms. The van der Waals surface area contributed by atoms with E-state index in [1.54, 1.807) is 0 Å². The van der Waals surface area contributed by atoms with E-state index in [-0.39, 0.29) is 36.3 Å². The van der Waals surface area contributed by atoms with Crippen LogP contribution in [0.3, 0.4) is 0 Å². The minimum atomic E-state index is 0.0577. The third-order valence-corrected chi connectivity index (χ3v) is 9.22. The smallest absolute Gasteiger partial charge is 0.166 e. The van der Waals surface area contributed by atoms with Crippen molar-refractivity contribution >= 4 is 52.0 Å². The minimum Gasteiger partial charge on any atom is -0.377 e. The lowest BCUT2D eigenvalue weighted by atomic mass is 10.0. The van der Waals surface area contributed by atoms with E-state index < -0.39 is 0 Å². The Labute approximate surface area is 291 Å². The maximum absolute atomic E-state index is 6.27. The highest BCUT2D eigenvalue weighted by Crippen LogP contribution is 2.11. The fraction of sp³-hybridized carbons (Fsp3) is 0.909. The SMILES string of the molecule is CC(C)C1COCC(C(C)C)NC(=S)NC(C(C)C)COCC(C(C)C)NC(=S)NC(C(C)C)COCC(C(C)C)NC(=S)N1. The zero-order valence-corrected chi connectivity index (χ0v) is 32.6. The molecular formula is C33H66N6O3S3. The van der Waals surface area contributed by atoms with Crippen molar-refractivity contribution in [2.75, 3.05) is 39.6 Å². The first-order valence-corrected chi connectivity index (χ1v) is 18.2.